The van der Waals surface area contributed by atoms with Crippen LogP contribution in [0.3, 0.4) is 0 Å². The van der Waals surface area contributed by atoms with Crippen LogP contribution in [0.1, 0.15) is 27.7 Å². The first kappa shape index (κ1) is 21.0. The van der Waals surface area contributed by atoms with E-state index in [-0.39, 0.29) is 48.1 Å². The summed E-state index contributed by atoms with van der Waals surface area (Å²) in [7, 11) is -3.85. The summed E-state index contributed by atoms with van der Waals surface area (Å²) < 4.78 is 38.7. The molecule has 156 valence electrons. The predicted octanol–water partition coefficient (Wildman–Crippen LogP) is 2.01. The number of morpholine rings is 2. The largest absolute Gasteiger partial charge is 0.373 e. The second kappa shape index (κ2) is 7.94. The molecule has 0 spiro atoms. The molecule has 2 heterocycles. The molecule has 9 nitrogen and oxygen atoms in total. The number of hydrogen-bond donors (Lipinski definition) is 0. The summed E-state index contributed by atoms with van der Waals surface area (Å²) in [6.07, 6.45) is -0.598. The molecular weight excluding hydrogens is 386 g/mol. The van der Waals surface area contributed by atoms with Gasteiger partial charge in [-0.25, -0.2) is 8.42 Å². The van der Waals surface area contributed by atoms with Crippen molar-refractivity contribution in [1.29, 1.82) is 0 Å². The summed E-state index contributed by atoms with van der Waals surface area (Å²) in [5, 5.41) is 11.7. The van der Waals surface area contributed by atoms with E-state index in [2.05, 4.69) is 0 Å². The number of rotatable bonds is 4. The molecule has 0 aromatic heterocycles. The van der Waals surface area contributed by atoms with Crippen molar-refractivity contribution in [3.63, 3.8) is 0 Å². The Balaban J connectivity index is 1.95. The van der Waals surface area contributed by atoms with Gasteiger partial charge in [0, 0.05) is 32.2 Å². The van der Waals surface area contributed by atoms with Crippen molar-refractivity contribution in [1.82, 2.24) is 4.31 Å². The lowest BCUT2D eigenvalue weighted by Crippen LogP contribution is -2.48. The first-order valence-electron chi connectivity index (χ1n) is 9.42. The Bertz CT molecular complexity index is 826. The van der Waals surface area contributed by atoms with Gasteiger partial charge < -0.3 is 14.4 Å². The van der Waals surface area contributed by atoms with Crippen LogP contribution in [-0.4, -0.2) is 68.2 Å². The molecular formula is C18H27N3O6S. The summed E-state index contributed by atoms with van der Waals surface area (Å²) in [5.74, 6) is 0. The molecule has 28 heavy (non-hydrogen) atoms. The lowest BCUT2D eigenvalue weighted by molar-refractivity contribution is -0.384. The minimum Gasteiger partial charge on any atom is -0.373 e. The van der Waals surface area contributed by atoms with Gasteiger partial charge in [-0.2, -0.15) is 4.31 Å². The van der Waals surface area contributed by atoms with Crippen LogP contribution in [0, 0.1) is 10.1 Å². The average molecular weight is 413 g/mol. The maximum absolute atomic E-state index is 13.1. The zero-order valence-corrected chi connectivity index (χ0v) is 17.4. The molecule has 0 saturated carbocycles. The molecule has 0 amide bonds. The number of nitro groups is 1. The molecule has 4 atom stereocenters. The van der Waals surface area contributed by atoms with E-state index in [9.17, 15) is 18.5 Å². The highest BCUT2D eigenvalue weighted by Gasteiger charge is 2.34. The van der Waals surface area contributed by atoms with Gasteiger partial charge in [-0.05, 0) is 39.8 Å². The number of benzene rings is 1. The Labute approximate surface area is 165 Å². The fraction of sp³-hybridized carbons (Fsp3) is 0.667. The molecule has 0 N–H and O–H groups in total. The number of sulfonamides is 1. The van der Waals surface area contributed by atoms with Crippen molar-refractivity contribution in [3.8, 4) is 0 Å². The van der Waals surface area contributed by atoms with E-state index < -0.39 is 14.9 Å². The van der Waals surface area contributed by atoms with Crippen LogP contribution in [0.4, 0.5) is 11.4 Å². The third-order valence-corrected chi connectivity index (χ3v) is 6.76. The molecule has 0 bridgehead atoms. The second-order valence-corrected chi connectivity index (χ2v) is 9.59. The molecule has 1 aromatic carbocycles. The predicted molar refractivity (Wildman–Crippen MR) is 104 cm³/mol. The van der Waals surface area contributed by atoms with Gasteiger partial charge in [-0.3, -0.25) is 10.1 Å². The zero-order chi connectivity index (χ0) is 20.6. The van der Waals surface area contributed by atoms with Crippen molar-refractivity contribution in [2.45, 2.75) is 57.0 Å². The van der Waals surface area contributed by atoms with Crippen LogP contribution in [-0.2, 0) is 19.5 Å². The van der Waals surface area contributed by atoms with E-state index in [1.54, 1.807) is 0 Å². The van der Waals surface area contributed by atoms with Crippen molar-refractivity contribution < 1.29 is 22.8 Å². The Morgan fingerprint density at radius 3 is 1.96 bits per heavy atom. The van der Waals surface area contributed by atoms with Crippen LogP contribution >= 0.6 is 0 Å². The first-order chi connectivity index (χ1) is 13.1. The van der Waals surface area contributed by atoms with E-state index in [4.69, 9.17) is 9.47 Å². The molecule has 2 saturated heterocycles. The molecule has 0 aliphatic carbocycles. The SMILES string of the molecule is CC1CN(c2ccc(S(=O)(=O)N3CC(C)OC(C)C3)cc2[N+](=O)[O-])CC(C)O1. The molecule has 1 aromatic rings. The van der Waals surface area contributed by atoms with E-state index in [1.165, 1.54) is 22.5 Å². The third kappa shape index (κ3) is 4.29. The van der Waals surface area contributed by atoms with E-state index in [1.807, 2.05) is 32.6 Å². The minimum atomic E-state index is -3.85. The molecule has 3 rings (SSSR count). The van der Waals surface area contributed by atoms with Gasteiger partial charge in [0.25, 0.3) is 5.69 Å². The monoisotopic (exact) mass is 413 g/mol. The van der Waals surface area contributed by atoms with Crippen molar-refractivity contribution >= 4 is 21.4 Å². The Morgan fingerprint density at radius 2 is 1.46 bits per heavy atom. The van der Waals surface area contributed by atoms with Gasteiger partial charge in [0.05, 0.1) is 34.2 Å². The van der Waals surface area contributed by atoms with Crippen LogP contribution in [0.2, 0.25) is 0 Å². The molecule has 0 radical (unpaired) electrons. The lowest BCUT2D eigenvalue weighted by atomic mass is 10.2. The van der Waals surface area contributed by atoms with Gasteiger partial charge in [0.1, 0.15) is 5.69 Å². The number of ether oxygens (including phenoxy) is 2. The number of anilines is 1. The quantitative estimate of drug-likeness (QED) is 0.549. The Morgan fingerprint density at radius 1 is 0.964 bits per heavy atom. The number of nitrogens with zero attached hydrogens (tertiary/aromatic N) is 3. The normalized spacial score (nSPS) is 29.6. The highest BCUT2D eigenvalue weighted by Crippen LogP contribution is 2.34. The van der Waals surface area contributed by atoms with Crippen molar-refractivity contribution in [2.24, 2.45) is 0 Å². The smallest absolute Gasteiger partial charge is 0.293 e. The molecule has 10 heteroatoms. The van der Waals surface area contributed by atoms with E-state index >= 15 is 0 Å². The van der Waals surface area contributed by atoms with Gasteiger partial charge in [-0.1, -0.05) is 0 Å². The van der Waals surface area contributed by atoms with Crippen LogP contribution in [0.15, 0.2) is 23.1 Å². The topological polar surface area (TPSA) is 102 Å². The minimum absolute atomic E-state index is 0.0666. The fourth-order valence-electron chi connectivity index (χ4n) is 3.93. The van der Waals surface area contributed by atoms with Crippen molar-refractivity contribution in [3.05, 3.63) is 28.3 Å². The van der Waals surface area contributed by atoms with Crippen molar-refractivity contribution in [2.75, 3.05) is 31.1 Å². The maximum Gasteiger partial charge on any atom is 0.293 e. The Hall–Kier alpha value is -1.75. The zero-order valence-electron chi connectivity index (χ0n) is 16.6. The molecule has 2 fully saturated rings. The first-order valence-corrected chi connectivity index (χ1v) is 10.9. The summed E-state index contributed by atoms with van der Waals surface area (Å²) in [6.45, 7) is 8.91. The summed E-state index contributed by atoms with van der Waals surface area (Å²) in [5.41, 5.74) is 0.200. The summed E-state index contributed by atoms with van der Waals surface area (Å²) >= 11 is 0. The van der Waals surface area contributed by atoms with Gasteiger partial charge in [0.2, 0.25) is 10.0 Å². The highest BCUT2D eigenvalue weighted by molar-refractivity contribution is 7.89. The average Bonchev–Trinajstić information content (AvgIpc) is 2.59. The molecule has 2 aliphatic heterocycles. The number of hydrogen-bond acceptors (Lipinski definition) is 7. The van der Waals surface area contributed by atoms with Crippen LogP contribution in [0.5, 0.6) is 0 Å². The lowest BCUT2D eigenvalue weighted by Gasteiger charge is -2.36. The Kier molecular flexibility index (Phi) is 5.95. The molecule has 4 unspecified atom stereocenters. The van der Waals surface area contributed by atoms with Crippen LogP contribution < -0.4 is 4.90 Å². The second-order valence-electron chi connectivity index (χ2n) is 7.65. The summed E-state index contributed by atoms with van der Waals surface area (Å²) in [6, 6.07) is 4.15. The fourth-order valence-corrected chi connectivity index (χ4v) is 5.54. The van der Waals surface area contributed by atoms with Crippen LogP contribution in [0.25, 0.3) is 0 Å². The standard InChI is InChI=1S/C18H27N3O6S/c1-12-8-19(9-13(2)26-12)17-6-5-16(7-18(17)21(22)23)28(24,25)20-10-14(3)27-15(4)11-20/h5-7,12-15H,8-11H2,1-4H3. The van der Waals surface area contributed by atoms with E-state index in [0.717, 1.165) is 0 Å². The van der Waals surface area contributed by atoms with E-state index in [0.29, 0.717) is 18.8 Å². The molecule has 2 aliphatic rings. The number of nitro benzene ring substituents is 1. The summed E-state index contributed by atoms with van der Waals surface area (Å²) in [4.78, 5) is 13.0. The van der Waals surface area contributed by atoms with Gasteiger partial charge in [0.15, 0.2) is 0 Å². The third-order valence-electron chi connectivity index (χ3n) is 4.93. The van der Waals surface area contributed by atoms with Gasteiger partial charge >= 0.3 is 0 Å². The maximum atomic E-state index is 13.1. The highest BCUT2D eigenvalue weighted by atomic mass is 32.2. The van der Waals surface area contributed by atoms with Gasteiger partial charge in [-0.15, -0.1) is 0 Å².